The monoisotopic (exact) mass is 251 g/mol. The van der Waals surface area contributed by atoms with Gasteiger partial charge in [0.15, 0.2) is 0 Å². The van der Waals surface area contributed by atoms with E-state index in [4.69, 9.17) is 5.11 Å². The average molecular weight is 251 g/mol. The predicted molar refractivity (Wildman–Crippen MR) is 72.4 cm³/mol. The van der Waals surface area contributed by atoms with Crippen molar-refractivity contribution in [1.29, 1.82) is 0 Å². The molecule has 0 aromatic carbocycles. The molecule has 0 spiro atoms. The molecule has 102 valence electrons. The highest BCUT2D eigenvalue weighted by Crippen LogP contribution is 2.30. The summed E-state index contributed by atoms with van der Waals surface area (Å²) in [4.78, 5) is 0. The minimum atomic E-state index is 0.161. The van der Waals surface area contributed by atoms with Crippen molar-refractivity contribution in [3.05, 3.63) is 17.5 Å². The maximum absolute atomic E-state index is 9.04. The van der Waals surface area contributed by atoms with Crippen LogP contribution in [0, 0.1) is 5.41 Å². The molecule has 1 aliphatic carbocycles. The summed E-state index contributed by atoms with van der Waals surface area (Å²) in [5, 5.41) is 17.1. The number of aliphatic hydroxyl groups is 1. The van der Waals surface area contributed by atoms with Gasteiger partial charge in [-0.15, -0.1) is 0 Å². The van der Waals surface area contributed by atoms with Gasteiger partial charge in [0.1, 0.15) is 0 Å². The smallest absolute Gasteiger partial charge is 0.0644 e. The van der Waals surface area contributed by atoms with Crippen molar-refractivity contribution in [3.8, 4) is 0 Å². The van der Waals surface area contributed by atoms with Gasteiger partial charge >= 0.3 is 0 Å². The molecule has 4 heteroatoms. The molecule has 1 aliphatic rings. The minimum absolute atomic E-state index is 0.161. The van der Waals surface area contributed by atoms with Gasteiger partial charge < -0.3 is 10.4 Å². The third-order valence-corrected chi connectivity index (χ3v) is 3.45. The Morgan fingerprint density at radius 2 is 2.28 bits per heavy atom. The van der Waals surface area contributed by atoms with E-state index in [1.165, 1.54) is 24.1 Å². The van der Waals surface area contributed by atoms with Crippen LogP contribution in [0.2, 0.25) is 0 Å². The molecule has 0 saturated carbocycles. The van der Waals surface area contributed by atoms with Crippen molar-refractivity contribution in [3.63, 3.8) is 0 Å². The molecule has 1 unspecified atom stereocenters. The number of aliphatic hydroxyl groups excluding tert-OH is 1. The van der Waals surface area contributed by atoms with Gasteiger partial charge in [-0.3, -0.25) is 4.68 Å². The lowest BCUT2D eigenvalue weighted by Crippen LogP contribution is -2.32. The van der Waals surface area contributed by atoms with Crippen molar-refractivity contribution in [1.82, 2.24) is 15.1 Å². The Labute approximate surface area is 109 Å². The molecule has 0 amide bonds. The molecule has 1 aromatic rings. The van der Waals surface area contributed by atoms with Gasteiger partial charge in [0.05, 0.1) is 19.3 Å². The lowest BCUT2D eigenvalue weighted by Gasteiger charge is -2.28. The van der Waals surface area contributed by atoms with Crippen LogP contribution in [0.5, 0.6) is 0 Å². The lowest BCUT2D eigenvalue weighted by molar-refractivity contribution is 0.266. The summed E-state index contributed by atoms with van der Waals surface area (Å²) in [7, 11) is 0. The number of aromatic nitrogens is 2. The quantitative estimate of drug-likeness (QED) is 0.859. The Morgan fingerprint density at radius 3 is 2.94 bits per heavy atom. The maximum atomic E-state index is 9.04. The van der Waals surface area contributed by atoms with E-state index in [-0.39, 0.29) is 6.61 Å². The fraction of sp³-hybridized carbons (Fsp3) is 0.786. The van der Waals surface area contributed by atoms with Gasteiger partial charge in [-0.25, -0.2) is 0 Å². The van der Waals surface area contributed by atoms with Crippen LogP contribution < -0.4 is 5.32 Å². The van der Waals surface area contributed by atoms with Gasteiger partial charge in [-0.05, 0) is 24.7 Å². The fourth-order valence-electron chi connectivity index (χ4n) is 2.55. The van der Waals surface area contributed by atoms with Gasteiger partial charge in [-0.1, -0.05) is 20.8 Å². The summed E-state index contributed by atoms with van der Waals surface area (Å²) in [6, 6.07) is 0.431. The Bertz CT molecular complexity index is 392. The van der Waals surface area contributed by atoms with E-state index in [0.717, 1.165) is 13.0 Å². The number of nitrogens with zero attached hydrogens (tertiary/aromatic N) is 2. The standard InChI is InChI=1S/C14H25N3O/c1-14(2,3)10-15-12-5-4-6-13-11(12)9-16-17(13)7-8-18/h9,12,15,18H,4-8,10H2,1-3H3. The molecule has 1 atom stereocenters. The van der Waals surface area contributed by atoms with Gasteiger partial charge in [0.25, 0.3) is 0 Å². The van der Waals surface area contributed by atoms with Crippen LogP contribution in [0.25, 0.3) is 0 Å². The Hall–Kier alpha value is -0.870. The van der Waals surface area contributed by atoms with Crippen LogP contribution in [0.15, 0.2) is 6.20 Å². The Kier molecular flexibility index (Phi) is 4.07. The van der Waals surface area contributed by atoms with Crippen molar-refractivity contribution in [2.45, 2.75) is 52.6 Å². The van der Waals surface area contributed by atoms with E-state index < -0.39 is 0 Å². The lowest BCUT2D eigenvalue weighted by atomic mass is 9.90. The highest BCUT2D eigenvalue weighted by Gasteiger charge is 2.24. The van der Waals surface area contributed by atoms with Crippen LogP contribution in [-0.4, -0.2) is 28.0 Å². The summed E-state index contributed by atoms with van der Waals surface area (Å²) >= 11 is 0. The van der Waals surface area contributed by atoms with Crippen LogP contribution in [-0.2, 0) is 13.0 Å². The largest absolute Gasteiger partial charge is 0.394 e. The van der Waals surface area contributed by atoms with E-state index >= 15 is 0 Å². The second-order valence-electron chi connectivity index (χ2n) is 6.38. The molecule has 0 saturated heterocycles. The average Bonchev–Trinajstić information content (AvgIpc) is 2.70. The van der Waals surface area contributed by atoms with E-state index in [1.54, 1.807) is 0 Å². The number of hydrogen-bond acceptors (Lipinski definition) is 3. The number of fused-ring (bicyclic) bond motifs is 1. The van der Waals surface area contributed by atoms with Crippen molar-refractivity contribution in [2.24, 2.45) is 5.41 Å². The third kappa shape index (κ3) is 3.12. The molecule has 2 rings (SSSR count). The molecule has 1 heterocycles. The topological polar surface area (TPSA) is 50.1 Å². The summed E-state index contributed by atoms with van der Waals surface area (Å²) in [5.41, 5.74) is 2.94. The summed E-state index contributed by atoms with van der Waals surface area (Å²) in [6.07, 6.45) is 5.45. The van der Waals surface area contributed by atoms with E-state index in [9.17, 15) is 0 Å². The first-order chi connectivity index (χ1) is 8.51. The third-order valence-electron chi connectivity index (χ3n) is 3.45. The van der Waals surface area contributed by atoms with Crippen molar-refractivity contribution < 1.29 is 5.11 Å². The molecule has 0 radical (unpaired) electrons. The van der Waals surface area contributed by atoms with Crippen molar-refractivity contribution in [2.75, 3.05) is 13.2 Å². The molecule has 2 N–H and O–H groups in total. The molecule has 0 bridgehead atoms. The first-order valence-electron chi connectivity index (χ1n) is 6.90. The predicted octanol–water partition coefficient (Wildman–Crippen LogP) is 1.89. The van der Waals surface area contributed by atoms with Crippen LogP contribution in [0.4, 0.5) is 0 Å². The van der Waals surface area contributed by atoms with Crippen LogP contribution >= 0.6 is 0 Å². The SMILES string of the molecule is CC(C)(C)CNC1CCCc2c1cnn2CCO. The zero-order chi connectivity index (χ0) is 13.2. The number of hydrogen-bond donors (Lipinski definition) is 2. The summed E-state index contributed by atoms with van der Waals surface area (Å²) < 4.78 is 1.96. The first kappa shape index (κ1) is 13.6. The Balaban J connectivity index is 2.08. The molecule has 0 aliphatic heterocycles. The highest BCUT2D eigenvalue weighted by molar-refractivity contribution is 5.25. The van der Waals surface area contributed by atoms with Crippen LogP contribution in [0.1, 0.15) is 50.9 Å². The van der Waals surface area contributed by atoms with Gasteiger partial charge in [0, 0.05) is 23.8 Å². The van der Waals surface area contributed by atoms with E-state index in [1.807, 2.05) is 10.9 Å². The Morgan fingerprint density at radius 1 is 1.50 bits per heavy atom. The van der Waals surface area contributed by atoms with Crippen LogP contribution in [0.3, 0.4) is 0 Å². The molecule has 0 fully saturated rings. The minimum Gasteiger partial charge on any atom is -0.394 e. The summed E-state index contributed by atoms with van der Waals surface area (Å²) in [6.45, 7) is 8.54. The van der Waals surface area contributed by atoms with Gasteiger partial charge in [0.2, 0.25) is 0 Å². The fourth-order valence-corrected chi connectivity index (χ4v) is 2.55. The summed E-state index contributed by atoms with van der Waals surface area (Å²) in [5.74, 6) is 0. The molecular formula is C14H25N3O. The second kappa shape index (κ2) is 5.41. The normalized spacial score (nSPS) is 19.9. The molecule has 1 aromatic heterocycles. The highest BCUT2D eigenvalue weighted by atomic mass is 16.3. The molecular weight excluding hydrogens is 226 g/mol. The zero-order valence-electron chi connectivity index (χ0n) is 11.7. The van der Waals surface area contributed by atoms with E-state index in [0.29, 0.717) is 18.0 Å². The number of rotatable bonds is 4. The van der Waals surface area contributed by atoms with Crippen molar-refractivity contribution >= 4 is 0 Å². The zero-order valence-corrected chi connectivity index (χ0v) is 11.7. The maximum Gasteiger partial charge on any atom is 0.0644 e. The van der Waals surface area contributed by atoms with Gasteiger partial charge in [-0.2, -0.15) is 5.10 Å². The van der Waals surface area contributed by atoms with E-state index in [2.05, 4.69) is 31.2 Å². The first-order valence-corrected chi connectivity index (χ1v) is 6.90. The second-order valence-corrected chi connectivity index (χ2v) is 6.38. The molecule has 18 heavy (non-hydrogen) atoms. The molecule has 4 nitrogen and oxygen atoms in total. The number of nitrogens with one attached hydrogen (secondary N) is 1.